The first-order chi connectivity index (χ1) is 16.2. The van der Waals surface area contributed by atoms with Gasteiger partial charge in [0.2, 0.25) is 11.8 Å². The fourth-order valence-corrected chi connectivity index (χ4v) is 4.74. The summed E-state index contributed by atoms with van der Waals surface area (Å²) in [5.41, 5.74) is 0.118. The fraction of sp³-hybridized carbons (Fsp3) is 0.375. The number of rotatable bonds is 4. The topological polar surface area (TPSA) is 62.7 Å². The van der Waals surface area contributed by atoms with Crippen LogP contribution >= 0.6 is 11.6 Å². The lowest BCUT2D eigenvalue weighted by Crippen LogP contribution is -2.44. The van der Waals surface area contributed by atoms with E-state index in [1.807, 2.05) is 0 Å². The van der Waals surface area contributed by atoms with E-state index >= 15 is 0 Å². The standard InChI is InChI=1S/C24H23ClF3N3O3/c1-34-19-13-16(12-18(25)29-19)23(33)30-9-6-24(7-10-30)8-11-31(14-24)20(32)5-3-15-2-4-17(26)22(28)21(15)27/h2-5,12-13H,6-11,14H2,1H3. The van der Waals surface area contributed by atoms with Crippen LogP contribution in [0.1, 0.15) is 35.2 Å². The Hall–Kier alpha value is -3.07. The number of nitrogens with zero attached hydrogens (tertiary/aromatic N) is 3. The van der Waals surface area contributed by atoms with Crippen LogP contribution in [0.25, 0.3) is 6.08 Å². The number of hydrogen-bond acceptors (Lipinski definition) is 4. The first-order valence-electron chi connectivity index (χ1n) is 10.8. The molecule has 0 bridgehead atoms. The summed E-state index contributed by atoms with van der Waals surface area (Å²) < 4.78 is 45.4. The second-order valence-electron chi connectivity index (χ2n) is 8.62. The number of likely N-dealkylation sites (tertiary alicyclic amines) is 2. The van der Waals surface area contributed by atoms with Crippen LogP contribution in [0.4, 0.5) is 13.2 Å². The molecule has 1 aromatic heterocycles. The zero-order valence-corrected chi connectivity index (χ0v) is 19.2. The smallest absolute Gasteiger partial charge is 0.254 e. The molecule has 2 fully saturated rings. The van der Waals surface area contributed by atoms with Crippen LogP contribution in [-0.4, -0.2) is 59.9 Å². The van der Waals surface area contributed by atoms with E-state index in [0.29, 0.717) is 31.7 Å². The number of methoxy groups -OCH3 is 1. The molecule has 180 valence electrons. The Labute approximate surface area is 200 Å². The molecule has 10 heteroatoms. The normalized spacial score (nSPS) is 17.6. The second-order valence-corrected chi connectivity index (χ2v) is 9.01. The minimum Gasteiger partial charge on any atom is -0.481 e. The van der Waals surface area contributed by atoms with Gasteiger partial charge in [-0.05, 0) is 49.0 Å². The number of carbonyl (C=O) groups excluding carboxylic acids is 2. The molecule has 2 aliphatic rings. The number of halogens is 4. The van der Waals surface area contributed by atoms with Crippen LogP contribution in [0.5, 0.6) is 5.88 Å². The Balaban J connectivity index is 1.36. The van der Waals surface area contributed by atoms with Crippen LogP contribution in [0.3, 0.4) is 0 Å². The van der Waals surface area contributed by atoms with Crippen molar-refractivity contribution in [3.05, 3.63) is 64.1 Å². The first-order valence-corrected chi connectivity index (χ1v) is 11.2. The molecule has 0 N–H and O–H groups in total. The second kappa shape index (κ2) is 9.66. The van der Waals surface area contributed by atoms with Crippen molar-refractivity contribution >= 4 is 29.5 Å². The maximum atomic E-state index is 13.8. The maximum Gasteiger partial charge on any atom is 0.254 e. The van der Waals surface area contributed by atoms with Gasteiger partial charge in [-0.15, -0.1) is 0 Å². The molecule has 6 nitrogen and oxygen atoms in total. The summed E-state index contributed by atoms with van der Waals surface area (Å²) in [6, 6.07) is 4.96. The highest BCUT2D eigenvalue weighted by Gasteiger charge is 2.42. The molecule has 0 aliphatic carbocycles. The Morgan fingerprint density at radius 2 is 1.74 bits per heavy atom. The van der Waals surface area contributed by atoms with Gasteiger partial charge in [-0.2, -0.15) is 0 Å². The van der Waals surface area contributed by atoms with Gasteiger partial charge in [0.25, 0.3) is 5.91 Å². The van der Waals surface area contributed by atoms with Crippen LogP contribution < -0.4 is 4.74 Å². The van der Waals surface area contributed by atoms with Gasteiger partial charge in [-0.1, -0.05) is 11.6 Å². The van der Waals surface area contributed by atoms with Gasteiger partial charge in [-0.3, -0.25) is 9.59 Å². The van der Waals surface area contributed by atoms with E-state index in [-0.39, 0.29) is 33.8 Å². The van der Waals surface area contributed by atoms with Crippen molar-refractivity contribution in [2.24, 2.45) is 5.41 Å². The SMILES string of the molecule is COc1cc(C(=O)N2CCC3(CCN(C(=O)C=Cc4ccc(F)c(F)c4F)C3)CC2)cc(Cl)n1. The molecular formula is C24H23ClF3N3O3. The molecule has 0 unspecified atom stereocenters. The molecule has 3 heterocycles. The average Bonchev–Trinajstić information content (AvgIpc) is 3.25. The van der Waals surface area contributed by atoms with E-state index in [1.54, 1.807) is 15.9 Å². The summed E-state index contributed by atoms with van der Waals surface area (Å²) in [6.07, 6.45) is 4.59. The number of carbonyl (C=O) groups is 2. The van der Waals surface area contributed by atoms with Crippen molar-refractivity contribution in [3.63, 3.8) is 0 Å². The van der Waals surface area contributed by atoms with E-state index in [9.17, 15) is 22.8 Å². The van der Waals surface area contributed by atoms with Gasteiger partial charge < -0.3 is 14.5 Å². The summed E-state index contributed by atoms with van der Waals surface area (Å²) in [5, 5.41) is 0.178. The molecule has 2 aromatic rings. The summed E-state index contributed by atoms with van der Waals surface area (Å²) in [7, 11) is 1.45. The minimum atomic E-state index is -1.57. The largest absolute Gasteiger partial charge is 0.481 e. The highest BCUT2D eigenvalue weighted by Crippen LogP contribution is 2.40. The van der Waals surface area contributed by atoms with E-state index < -0.39 is 17.5 Å². The van der Waals surface area contributed by atoms with Crippen LogP contribution in [-0.2, 0) is 4.79 Å². The lowest BCUT2D eigenvalue weighted by Gasteiger charge is -2.39. The fourth-order valence-electron chi connectivity index (χ4n) is 4.53. The molecule has 2 saturated heterocycles. The van der Waals surface area contributed by atoms with Crippen molar-refractivity contribution in [3.8, 4) is 5.88 Å². The van der Waals surface area contributed by atoms with Crippen molar-refractivity contribution in [1.82, 2.24) is 14.8 Å². The predicted octanol–water partition coefficient (Wildman–Crippen LogP) is 4.33. The summed E-state index contributed by atoms with van der Waals surface area (Å²) in [6.45, 7) is 2.14. The van der Waals surface area contributed by atoms with E-state index in [2.05, 4.69) is 4.98 Å². The lowest BCUT2D eigenvalue weighted by molar-refractivity contribution is -0.125. The van der Waals surface area contributed by atoms with Gasteiger partial charge in [0.1, 0.15) is 5.15 Å². The van der Waals surface area contributed by atoms with Gasteiger partial charge >= 0.3 is 0 Å². The van der Waals surface area contributed by atoms with Crippen molar-refractivity contribution in [2.75, 3.05) is 33.3 Å². The van der Waals surface area contributed by atoms with Gasteiger partial charge in [0.05, 0.1) is 7.11 Å². The molecule has 34 heavy (non-hydrogen) atoms. The molecule has 2 amide bonds. The highest BCUT2D eigenvalue weighted by molar-refractivity contribution is 6.29. The first kappa shape index (κ1) is 24.1. The lowest BCUT2D eigenvalue weighted by atomic mass is 9.77. The average molecular weight is 494 g/mol. The van der Waals surface area contributed by atoms with Crippen LogP contribution in [0, 0.1) is 22.9 Å². The number of amides is 2. The number of benzene rings is 1. The molecule has 2 aliphatic heterocycles. The Morgan fingerprint density at radius 3 is 2.41 bits per heavy atom. The Morgan fingerprint density at radius 1 is 1.06 bits per heavy atom. The molecule has 0 radical (unpaired) electrons. The molecule has 0 atom stereocenters. The minimum absolute atomic E-state index is 0.0961. The number of hydrogen-bond donors (Lipinski definition) is 0. The van der Waals surface area contributed by atoms with Gasteiger partial charge in [0.15, 0.2) is 17.5 Å². The maximum absolute atomic E-state index is 13.8. The van der Waals surface area contributed by atoms with Crippen LogP contribution in [0.2, 0.25) is 5.15 Å². The third-order valence-electron chi connectivity index (χ3n) is 6.56. The number of piperidine rings is 1. The van der Waals surface area contributed by atoms with Crippen molar-refractivity contribution in [2.45, 2.75) is 19.3 Å². The third-order valence-corrected chi connectivity index (χ3v) is 6.75. The Bertz CT molecular complexity index is 1150. The van der Waals surface area contributed by atoms with E-state index in [1.165, 1.54) is 19.3 Å². The molecule has 1 aromatic carbocycles. The van der Waals surface area contributed by atoms with Gasteiger partial charge in [0, 0.05) is 49.4 Å². The van der Waals surface area contributed by atoms with E-state index in [0.717, 1.165) is 37.5 Å². The molecule has 0 saturated carbocycles. The summed E-state index contributed by atoms with van der Waals surface area (Å²) in [5.74, 6) is -4.38. The quantitative estimate of drug-likeness (QED) is 0.361. The van der Waals surface area contributed by atoms with Crippen molar-refractivity contribution in [1.29, 1.82) is 0 Å². The number of ether oxygens (including phenoxy) is 1. The monoisotopic (exact) mass is 493 g/mol. The third kappa shape index (κ3) is 4.89. The van der Waals surface area contributed by atoms with Crippen molar-refractivity contribution < 1.29 is 27.5 Å². The zero-order chi connectivity index (χ0) is 24.5. The molecule has 1 spiro atoms. The molecular weight excluding hydrogens is 471 g/mol. The summed E-state index contributed by atoms with van der Waals surface area (Å²) in [4.78, 5) is 32.9. The zero-order valence-electron chi connectivity index (χ0n) is 18.5. The molecule has 4 rings (SSSR count). The summed E-state index contributed by atoms with van der Waals surface area (Å²) >= 11 is 5.98. The van der Waals surface area contributed by atoms with E-state index in [4.69, 9.17) is 16.3 Å². The van der Waals surface area contributed by atoms with Crippen LogP contribution in [0.15, 0.2) is 30.3 Å². The van der Waals surface area contributed by atoms with Gasteiger partial charge in [-0.25, -0.2) is 18.2 Å². The predicted molar refractivity (Wildman–Crippen MR) is 120 cm³/mol. The number of pyridine rings is 1. The highest BCUT2D eigenvalue weighted by atomic mass is 35.5. The number of aromatic nitrogens is 1. The Kier molecular flexibility index (Phi) is 6.84.